The highest BCUT2D eigenvalue weighted by molar-refractivity contribution is 9.10. The fraction of sp³-hybridized carbons (Fsp3) is 0.562. The maximum absolute atomic E-state index is 14.1. The van der Waals surface area contributed by atoms with Crippen molar-refractivity contribution < 1.29 is 9.18 Å². The van der Waals surface area contributed by atoms with Crippen molar-refractivity contribution in [1.29, 1.82) is 0 Å². The Morgan fingerprint density at radius 1 is 1.52 bits per heavy atom. The van der Waals surface area contributed by atoms with Crippen molar-refractivity contribution in [2.24, 2.45) is 5.92 Å². The SMILES string of the molecule is CC(C)N(CC1CCCNC1)C(=O)c1cccc(Br)c1F. The molecule has 0 saturated carbocycles. The van der Waals surface area contributed by atoms with E-state index in [2.05, 4.69) is 21.2 Å². The van der Waals surface area contributed by atoms with Crippen LogP contribution < -0.4 is 5.32 Å². The Kier molecular flexibility index (Phi) is 5.76. The summed E-state index contributed by atoms with van der Waals surface area (Å²) in [6.45, 7) is 6.60. The van der Waals surface area contributed by atoms with Gasteiger partial charge in [0.05, 0.1) is 10.0 Å². The van der Waals surface area contributed by atoms with Crippen LogP contribution in [0.1, 0.15) is 37.0 Å². The molecule has 1 N–H and O–H groups in total. The van der Waals surface area contributed by atoms with E-state index in [0.717, 1.165) is 25.9 Å². The molecule has 1 aliphatic rings. The van der Waals surface area contributed by atoms with Gasteiger partial charge in [-0.25, -0.2) is 4.39 Å². The van der Waals surface area contributed by atoms with E-state index in [0.29, 0.717) is 16.9 Å². The number of hydrogen-bond acceptors (Lipinski definition) is 2. The van der Waals surface area contributed by atoms with Gasteiger partial charge in [0.15, 0.2) is 0 Å². The lowest BCUT2D eigenvalue weighted by Crippen LogP contribution is -2.44. The Balaban J connectivity index is 2.17. The molecule has 116 valence electrons. The second kappa shape index (κ2) is 7.36. The Bertz CT molecular complexity index is 501. The van der Waals surface area contributed by atoms with Gasteiger partial charge in [0.25, 0.3) is 5.91 Å². The first-order chi connectivity index (χ1) is 10.0. The quantitative estimate of drug-likeness (QED) is 0.895. The van der Waals surface area contributed by atoms with E-state index in [1.807, 2.05) is 13.8 Å². The van der Waals surface area contributed by atoms with E-state index in [1.165, 1.54) is 0 Å². The summed E-state index contributed by atoms with van der Waals surface area (Å²) in [4.78, 5) is 14.5. The van der Waals surface area contributed by atoms with E-state index < -0.39 is 5.82 Å². The Morgan fingerprint density at radius 3 is 2.90 bits per heavy atom. The van der Waals surface area contributed by atoms with Crippen LogP contribution >= 0.6 is 15.9 Å². The number of piperidine rings is 1. The number of nitrogens with zero attached hydrogens (tertiary/aromatic N) is 1. The maximum atomic E-state index is 14.1. The molecule has 0 aromatic heterocycles. The number of benzene rings is 1. The molecule has 1 aromatic rings. The van der Waals surface area contributed by atoms with Crippen molar-refractivity contribution in [2.75, 3.05) is 19.6 Å². The van der Waals surface area contributed by atoms with E-state index in [1.54, 1.807) is 23.1 Å². The molecule has 2 rings (SSSR count). The highest BCUT2D eigenvalue weighted by Crippen LogP contribution is 2.22. The number of amides is 1. The molecular formula is C16H22BrFN2O. The lowest BCUT2D eigenvalue weighted by atomic mass is 9.98. The molecule has 1 aromatic carbocycles. The van der Waals surface area contributed by atoms with Gasteiger partial charge in [0.2, 0.25) is 0 Å². The third kappa shape index (κ3) is 4.04. The Morgan fingerprint density at radius 2 is 2.29 bits per heavy atom. The summed E-state index contributed by atoms with van der Waals surface area (Å²) in [5.41, 5.74) is 0.141. The summed E-state index contributed by atoms with van der Waals surface area (Å²) >= 11 is 3.14. The number of carbonyl (C=O) groups excluding carboxylic acids is 1. The number of halogens is 2. The highest BCUT2D eigenvalue weighted by atomic mass is 79.9. The van der Waals surface area contributed by atoms with Crippen molar-refractivity contribution >= 4 is 21.8 Å². The second-order valence-corrected chi connectivity index (χ2v) is 6.72. The number of rotatable bonds is 4. The fourth-order valence-corrected chi connectivity index (χ4v) is 3.08. The average molecular weight is 357 g/mol. The molecule has 1 heterocycles. The molecule has 1 unspecified atom stereocenters. The van der Waals surface area contributed by atoms with Gasteiger partial charge in [-0.1, -0.05) is 6.07 Å². The summed E-state index contributed by atoms with van der Waals surface area (Å²) in [6.07, 6.45) is 2.25. The van der Waals surface area contributed by atoms with Crippen LogP contribution in [0.15, 0.2) is 22.7 Å². The van der Waals surface area contributed by atoms with Crippen LogP contribution in [0.5, 0.6) is 0 Å². The molecule has 1 aliphatic heterocycles. The standard InChI is InChI=1S/C16H22BrFN2O/c1-11(2)20(10-12-5-4-8-19-9-12)16(21)13-6-3-7-14(17)15(13)18/h3,6-7,11-12,19H,4-5,8-10H2,1-2H3. The molecule has 1 atom stereocenters. The Hall–Kier alpha value is -0.940. The highest BCUT2D eigenvalue weighted by Gasteiger charge is 2.26. The second-order valence-electron chi connectivity index (χ2n) is 5.87. The first-order valence-electron chi connectivity index (χ1n) is 7.46. The van der Waals surface area contributed by atoms with Gasteiger partial charge >= 0.3 is 0 Å². The number of nitrogens with one attached hydrogen (secondary N) is 1. The summed E-state index contributed by atoms with van der Waals surface area (Å²) in [5, 5.41) is 3.36. The van der Waals surface area contributed by atoms with Gasteiger partial charge in [-0.15, -0.1) is 0 Å². The van der Waals surface area contributed by atoms with Gasteiger partial charge in [0.1, 0.15) is 5.82 Å². The molecule has 3 nitrogen and oxygen atoms in total. The summed E-state index contributed by atoms with van der Waals surface area (Å²) in [6, 6.07) is 4.91. The lowest BCUT2D eigenvalue weighted by molar-refractivity contribution is 0.0656. The molecule has 0 bridgehead atoms. The van der Waals surface area contributed by atoms with E-state index >= 15 is 0 Å². The minimum atomic E-state index is -0.477. The van der Waals surface area contributed by atoms with Gasteiger partial charge in [-0.2, -0.15) is 0 Å². The molecule has 0 radical (unpaired) electrons. The molecule has 1 saturated heterocycles. The van der Waals surface area contributed by atoms with Crippen LogP contribution in [0.25, 0.3) is 0 Å². The van der Waals surface area contributed by atoms with Crippen LogP contribution in [0.2, 0.25) is 0 Å². The van der Waals surface area contributed by atoms with E-state index in [4.69, 9.17) is 0 Å². The summed E-state index contributed by atoms with van der Waals surface area (Å²) < 4.78 is 14.5. The predicted molar refractivity (Wildman–Crippen MR) is 85.9 cm³/mol. The predicted octanol–water partition coefficient (Wildman–Crippen LogP) is 3.44. The van der Waals surface area contributed by atoms with Crippen molar-refractivity contribution in [1.82, 2.24) is 10.2 Å². The van der Waals surface area contributed by atoms with Crippen LogP contribution in [0, 0.1) is 11.7 Å². The first-order valence-corrected chi connectivity index (χ1v) is 8.25. The fourth-order valence-electron chi connectivity index (χ4n) is 2.71. The number of carbonyl (C=O) groups is 1. The largest absolute Gasteiger partial charge is 0.336 e. The topological polar surface area (TPSA) is 32.3 Å². The van der Waals surface area contributed by atoms with Crippen LogP contribution in [-0.2, 0) is 0 Å². The molecule has 1 fully saturated rings. The lowest BCUT2D eigenvalue weighted by Gasteiger charge is -2.33. The Labute approximate surface area is 134 Å². The third-order valence-corrected chi connectivity index (χ3v) is 4.53. The van der Waals surface area contributed by atoms with Crippen LogP contribution in [0.3, 0.4) is 0 Å². The minimum Gasteiger partial charge on any atom is -0.336 e. The zero-order valence-electron chi connectivity index (χ0n) is 12.5. The summed E-state index contributed by atoms with van der Waals surface area (Å²) in [7, 11) is 0. The third-order valence-electron chi connectivity index (χ3n) is 3.92. The number of hydrogen-bond donors (Lipinski definition) is 1. The zero-order valence-corrected chi connectivity index (χ0v) is 14.1. The van der Waals surface area contributed by atoms with Crippen LogP contribution in [-0.4, -0.2) is 36.5 Å². The van der Waals surface area contributed by atoms with Gasteiger partial charge in [0, 0.05) is 12.6 Å². The van der Waals surface area contributed by atoms with Gasteiger partial charge in [-0.05, 0) is 73.8 Å². The van der Waals surface area contributed by atoms with Crippen molar-refractivity contribution in [3.8, 4) is 0 Å². The summed E-state index contributed by atoms with van der Waals surface area (Å²) in [5.74, 6) is -0.260. The average Bonchev–Trinajstić information content (AvgIpc) is 2.48. The zero-order chi connectivity index (χ0) is 15.4. The molecule has 0 spiro atoms. The van der Waals surface area contributed by atoms with E-state index in [-0.39, 0.29) is 17.5 Å². The smallest absolute Gasteiger partial charge is 0.257 e. The maximum Gasteiger partial charge on any atom is 0.257 e. The monoisotopic (exact) mass is 356 g/mol. The van der Waals surface area contributed by atoms with E-state index in [9.17, 15) is 9.18 Å². The molecular weight excluding hydrogens is 335 g/mol. The van der Waals surface area contributed by atoms with Crippen molar-refractivity contribution in [3.05, 3.63) is 34.1 Å². The van der Waals surface area contributed by atoms with Crippen LogP contribution in [0.4, 0.5) is 4.39 Å². The molecule has 21 heavy (non-hydrogen) atoms. The van der Waals surface area contributed by atoms with Crippen molar-refractivity contribution in [3.63, 3.8) is 0 Å². The van der Waals surface area contributed by atoms with Gasteiger partial charge < -0.3 is 10.2 Å². The molecule has 1 amide bonds. The normalized spacial score (nSPS) is 18.8. The molecule has 0 aliphatic carbocycles. The van der Waals surface area contributed by atoms with Gasteiger partial charge in [-0.3, -0.25) is 4.79 Å². The minimum absolute atomic E-state index is 0.0535. The molecule has 5 heteroatoms. The van der Waals surface area contributed by atoms with Crippen molar-refractivity contribution in [2.45, 2.75) is 32.7 Å². The first kappa shape index (κ1) is 16.4.